The Bertz CT molecular complexity index is 1250. The van der Waals surface area contributed by atoms with Gasteiger partial charge in [-0.2, -0.15) is 5.10 Å². The van der Waals surface area contributed by atoms with Crippen LogP contribution in [-0.2, 0) is 21.2 Å². The molecular weight excluding hydrogens is 404 g/mol. The highest BCUT2D eigenvalue weighted by atomic mass is 32.2. The molecule has 2 aromatic carbocycles. The van der Waals surface area contributed by atoms with Crippen molar-refractivity contribution in [3.05, 3.63) is 59.8 Å². The maximum Gasteiger partial charge on any atom is 0.264 e. The maximum absolute atomic E-state index is 12.1. The van der Waals surface area contributed by atoms with Gasteiger partial charge in [-0.25, -0.2) is 13.9 Å². The quantitative estimate of drug-likeness (QED) is 0.247. The van der Waals surface area contributed by atoms with Crippen LogP contribution in [0.15, 0.2) is 48.7 Å². The minimum Gasteiger partial charge on any atom is -0.399 e. The summed E-state index contributed by atoms with van der Waals surface area (Å²) in [6, 6.07) is 12.9. The average Bonchev–Trinajstić information content (AvgIpc) is 3.12. The number of nitrogen functional groups attached to an aromatic ring is 1. The lowest BCUT2D eigenvalue weighted by atomic mass is 10.1. The number of hydrogen-bond donors (Lipinski definition) is 3. The summed E-state index contributed by atoms with van der Waals surface area (Å²) in [5, 5.41) is 14.1. The number of anilines is 1. The summed E-state index contributed by atoms with van der Waals surface area (Å²) in [5.41, 5.74) is 10.2. The van der Waals surface area contributed by atoms with E-state index in [9.17, 15) is 13.2 Å². The van der Waals surface area contributed by atoms with Crippen LogP contribution < -0.4 is 11.2 Å². The third-order valence-corrected chi connectivity index (χ3v) is 7.13. The number of aromatic nitrogens is 2. The lowest BCUT2D eigenvalue weighted by Gasteiger charge is -2.25. The van der Waals surface area contributed by atoms with Crippen molar-refractivity contribution < 1.29 is 18.4 Å². The van der Waals surface area contributed by atoms with E-state index in [1.54, 1.807) is 23.0 Å². The number of benzene rings is 2. The Labute approximate surface area is 174 Å². The van der Waals surface area contributed by atoms with E-state index in [2.05, 4.69) is 16.9 Å². The van der Waals surface area contributed by atoms with Gasteiger partial charge < -0.3 is 5.73 Å². The van der Waals surface area contributed by atoms with E-state index in [0.29, 0.717) is 5.69 Å². The van der Waals surface area contributed by atoms with Crippen molar-refractivity contribution in [1.29, 1.82) is 0 Å². The largest absolute Gasteiger partial charge is 0.399 e. The molecule has 0 aliphatic heterocycles. The van der Waals surface area contributed by atoms with Crippen molar-refractivity contribution in [1.82, 2.24) is 15.3 Å². The van der Waals surface area contributed by atoms with Crippen molar-refractivity contribution in [2.24, 2.45) is 0 Å². The molecule has 9 heteroatoms. The van der Waals surface area contributed by atoms with Crippen LogP contribution in [0.2, 0.25) is 0 Å². The third kappa shape index (κ3) is 4.30. The molecule has 1 amide bonds. The number of rotatable bonds is 5. The van der Waals surface area contributed by atoms with Crippen LogP contribution in [0.5, 0.6) is 0 Å². The zero-order valence-electron chi connectivity index (χ0n) is 16.6. The van der Waals surface area contributed by atoms with Gasteiger partial charge >= 0.3 is 0 Å². The maximum atomic E-state index is 12.1. The molecule has 0 saturated heterocycles. The molecule has 0 saturated carbocycles. The monoisotopic (exact) mass is 426 g/mol. The first-order valence-corrected chi connectivity index (χ1v) is 11.0. The Morgan fingerprint density at radius 1 is 1.20 bits per heavy atom. The number of nitrogens with two attached hydrogens (primary N) is 1. The summed E-state index contributed by atoms with van der Waals surface area (Å²) >= 11 is 0. The standard InChI is InChI=1S/C21H22N4O4S/c1-21(20(26)24-27,30(2,28)29)11-12-25-19-10-7-16(13-17(19)14-23-25)4-3-15-5-8-18(22)9-6-15/h5-10,13-14,27H,11-12,22H2,1-2H3,(H,24,26)/t21-/m1/s1. The van der Waals surface area contributed by atoms with Gasteiger partial charge in [-0.3, -0.25) is 14.7 Å². The average molecular weight is 426 g/mol. The number of hydroxylamine groups is 1. The topological polar surface area (TPSA) is 127 Å². The number of nitrogens with one attached hydrogen (secondary N) is 1. The van der Waals surface area contributed by atoms with E-state index in [1.165, 1.54) is 12.4 Å². The van der Waals surface area contributed by atoms with E-state index in [0.717, 1.165) is 28.3 Å². The highest BCUT2D eigenvalue weighted by molar-refractivity contribution is 7.92. The van der Waals surface area contributed by atoms with Crippen molar-refractivity contribution in [3.63, 3.8) is 0 Å². The normalized spacial score (nSPS) is 13.3. The second-order valence-electron chi connectivity index (χ2n) is 7.21. The summed E-state index contributed by atoms with van der Waals surface area (Å²) in [7, 11) is -3.76. The van der Waals surface area contributed by atoms with Gasteiger partial charge in [-0.15, -0.1) is 0 Å². The zero-order chi connectivity index (χ0) is 21.9. The number of carbonyl (C=O) groups is 1. The Balaban J connectivity index is 1.83. The zero-order valence-corrected chi connectivity index (χ0v) is 17.4. The van der Waals surface area contributed by atoms with Crippen LogP contribution in [0.4, 0.5) is 5.69 Å². The van der Waals surface area contributed by atoms with Gasteiger partial charge in [-0.05, 0) is 55.8 Å². The van der Waals surface area contributed by atoms with Crippen LogP contribution in [0.3, 0.4) is 0 Å². The molecule has 1 atom stereocenters. The third-order valence-electron chi connectivity index (χ3n) is 5.10. The molecule has 0 unspecified atom stereocenters. The molecule has 0 spiro atoms. The molecule has 1 aromatic heterocycles. The van der Waals surface area contributed by atoms with Gasteiger partial charge in [0.25, 0.3) is 5.91 Å². The SMILES string of the molecule is C[C@@](CCn1ncc2cc(C#Cc3ccc(N)cc3)ccc21)(C(=O)NO)S(C)(=O)=O. The molecule has 0 radical (unpaired) electrons. The van der Waals surface area contributed by atoms with Crippen LogP contribution in [0.1, 0.15) is 24.5 Å². The smallest absolute Gasteiger partial charge is 0.264 e. The molecule has 4 N–H and O–H groups in total. The Morgan fingerprint density at radius 3 is 2.47 bits per heavy atom. The second kappa shape index (κ2) is 8.18. The van der Waals surface area contributed by atoms with E-state index >= 15 is 0 Å². The molecule has 30 heavy (non-hydrogen) atoms. The highest BCUT2D eigenvalue weighted by Crippen LogP contribution is 2.24. The fraction of sp³-hybridized carbons (Fsp3) is 0.238. The highest BCUT2D eigenvalue weighted by Gasteiger charge is 2.43. The number of fused-ring (bicyclic) bond motifs is 1. The first kappa shape index (κ1) is 21.4. The van der Waals surface area contributed by atoms with Crippen molar-refractivity contribution in [2.45, 2.75) is 24.6 Å². The fourth-order valence-electron chi connectivity index (χ4n) is 2.96. The second-order valence-corrected chi connectivity index (χ2v) is 9.65. The van der Waals surface area contributed by atoms with E-state index in [4.69, 9.17) is 10.9 Å². The number of hydrogen-bond acceptors (Lipinski definition) is 6. The van der Waals surface area contributed by atoms with Gasteiger partial charge in [0.15, 0.2) is 14.6 Å². The molecule has 3 rings (SSSR count). The Morgan fingerprint density at radius 2 is 1.83 bits per heavy atom. The van der Waals surface area contributed by atoms with Gasteiger partial charge in [0.2, 0.25) is 0 Å². The summed E-state index contributed by atoms with van der Waals surface area (Å²) < 4.78 is 24.1. The molecule has 0 bridgehead atoms. The fourth-order valence-corrected chi connectivity index (χ4v) is 3.80. The lowest BCUT2D eigenvalue weighted by molar-refractivity contribution is -0.131. The summed E-state index contributed by atoms with van der Waals surface area (Å²) in [6.07, 6.45) is 2.58. The minimum absolute atomic E-state index is 0.0479. The number of sulfone groups is 1. The molecular formula is C21H22N4O4S. The molecule has 1 heterocycles. The van der Waals surface area contributed by atoms with Crippen LogP contribution >= 0.6 is 0 Å². The van der Waals surface area contributed by atoms with Crippen LogP contribution in [0.25, 0.3) is 10.9 Å². The first-order valence-electron chi connectivity index (χ1n) is 9.11. The van der Waals surface area contributed by atoms with Gasteiger partial charge in [-0.1, -0.05) is 11.8 Å². The van der Waals surface area contributed by atoms with Crippen molar-refractivity contribution in [2.75, 3.05) is 12.0 Å². The summed E-state index contributed by atoms with van der Waals surface area (Å²) in [4.78, 5) is 12.0. The van der Waals surface area contributed by atoms with Crippen LogP contribution in [0, 0.1) is 11.8 Å². The number of aryl methyl sites for hydroxylation is 1. The van der Waals surface area contributed by atoms with E-state index < -0.39 is 20.5 Å². The number of amides is 1. The predicted molar refractivity (Wildman–Crippen MR) is 114 cm³/mol. The molecule has 0 aliphatic carbocycles. The van der Waals surface area contributed by atoms with Crippen molar-refractivity contribution >= 4 is 32.3 Å². The molecule has 0 aliphatic rings. The van der Waals surface area contributed by atoms with Gasteiger partial charge in [0.1, 0.15) is 0 Å². The predicted octanol–water partition coefficient (Wildman–Crippen LogP) is 1.72. The Kier molecular flexibility index (Phi) is 5.82. The Hall–Kier alpha value is -3.35. The first-order chi connectivity index (χ1) is 14.1. The molecule has 3 aromatic rings. The number of nitrogens with zero attached hydrogens (tertiary/aromatic N) is 2. The summed E-state index contributed by atoms with van der Waals surface area (Å²) in [6.45, 7) is 1.46. The lowest BCUT2D eigenvalue weighted by Crippen LogP contribution is -2.49. The van der Waals surface area contributed by atoms with Gasteiger partial charge in [0, 0.05) is 35.0 Å². The van der Waals surface area contributed by atoms with Gasteiger partial charge in [0.05, 0.1) is 11.7 Å². The molecule has 8 nitrogen and oxygen atoms in total. The molecule has 0 fully saturated rings. The minimum atomic E-state index is -3.76. The molecule has 156 valence electrons. The van der Waals surface area contributed by atoms with E-state index in [1.807, 2.05) is 30.3 Å². The van der Waals surface area contributed by atoms with Crippen molar-refractivity contribution in [3.8, 4) is 11.8 Å². The van der Waals surface area contributed by atoms with E-state index in [-0.39, 0.29) is 13.0 Å². The van der Waals surface area contributed by atoms with Crippen LogP contribution in [-0.4, -0.2) is 40.3 Å². The summed E-state index contributed by atoms with van der Waals surface area (Å²) in [5.74, 6) is 5.19. The number of carbonyl (C=O) groups excluding carboxylic acids is 1.